The van der Waals surface area contributed by atoms with Crippen LogP contribution in [0.3, 0.4) is 0 Å². The number of benzene rings is 3. The fourth-order valence-electron chi connectivity index (χ4n) is 6.03. The van der Waals surface area contributed by atoms with Crippen molar-refractivity contribution in [3.63, 3.8) is 0 Å². The molecule has 1 unspecified atom stereocenters. The molecule has 12 nitrogen and oxygen atoms in total. The first kappa shape index (κ1) is 37.2. The highest BCUT2D eigenvalue weighted by Crippen LogP contribution is 2.44. The second kappa shape index (κ2) is 14.4. The molecule has 4 aromatic rings. The molecule has 17 heteroatoms. The van der Waals surface area contributed by atoms with Gasteiger partial charge in [0.05, 0.1) is 23.6 Å². The molecule has 1 atom stereocenters. The Morgan fingerprint density at radius 3 is 2.42 bits per heavy atom. The minimum atomic E-state index is -4.94. The van der Waals surface area contributed by atoms with Crippen molar-refractivity contribution in [3.8, 4) is 11.5 Å². The van der Waals surface area contributed by atoms with E-state index in [9.17, 15) is 36.3 Å². The van der Waals surface area contributed by atoms with E-state index in [1.165, 1.54) is 46.2 Å². The van der Waals surface area contributed by atoms with Crippen LogP contribution in [0.15, 0.2) is 66.7 Å². The molecule has 1 aromatic heterocycles. The molecule has 53 heavy (non-hydrogen) atoms. The third-order valence-electron chi connectivity index (χ3n) is 8.48. The number of rotatable bonds is 7. The van der Waals surface area contributed by atoms with Gasteiger partial charge in [-0.25, -0.2) is 14.6 Å². The number of para-hydroxylation sites is 1. The van der Waals surface area contributed by atoms with Gasteiger partial charge in [-0.05, 0) is 57.0 Å². The summed E-state index contributed by atoms with van der Waals surface area (Å²) in [6, 6.07) is 16.1. The molecule has 3 amide bonds. The topological polar surface area (TPSA) is 124 Å². The number of halogens is 5. The number of ether oxygens (including phenoxy) is 4. The first-order chi connectivity index (χ1) is 25.0. The lowest BCUT2D eigenvalue weighted by atomic mass is 10.1. The second-order valence-electron chi connectivity index (χ2n) is 13.5. The lowest BCUT2D eigenvalue weighted by Crippen LogP contribution is -2.47. The van der Waals surface area contributed by atoms with Crippen LogP contribution in [0.5, 0.6) is 11.5 Å². The summed E-state index contributed by atoms with van der Waals surface area (Å²) in [5.41, 5.74) is -0.198. The molecule has 1 N–H and O–H groups in total. The first-order valence-electron chi connectivity index (χ1n) is 16.7. The zero-order chi connectivity index (χ0) is 38.1. The Morgan fingerprint density at radius 1 is 0.943 bits per heavy atom. The summed E-state index contributed by atoms with van der Waals surface area (Å²) >= 11 is 0. The molecule has 3 aromatic carbocycles. The van der Waals surface area contributed by atoms with Crippen LogP contribution in [0.25, 0.3) is 11.0 Å². The van der Waals surface area contributed by atoms with Crippen LogP contribution >= 0.6 is 0 Å². The maximum atomic E-state index is 14.2. The molecular weight excluding hydrogens is 709 g/mol. The number of amides is 3. The number of hydrogen-bond donors (Lipinski definition) is 1. The van der Waals surface area contributed by atoms with E-state index in [-0.39, 0.29) is 67.1 Å². The SMILES string of the molecule is CC(C)(C)OC(=O)N1CCC(CNC(=O)c2ccc3c(c2)nc(C(F)(F)F)n3Cc2cccc3c2OC(F)(F)O3)N(C(=O)OCc2ccccc2)CC1. The normalized spacial score (nSPS) is 17.0. The Bertz CT molecular complexity index is 2000. The van der Waals surface area contributed by atoms with Gasteiger partial charge in [0.25, 0.3) is 5.91 Å². The molecule has 0 saturated carbocycles. The van der Waals surface area contributed by atoms with E-state index in [1.807, 2.05) is 6.07 Å². The van der Waals surface area contributed by atoms with Crippen LogP contribution < -0.4 is 14.8 Å². The van der Waals surface area contributed by atoms with Gasteiger partial charge in [-0.1, -0.05) is 42.5 Å². The molecule has 2 aliphatic heterocycles. The van der Waals surface area contributed by atoms with E-state index >= 15 is 0 Å². The number of alkyl halides is 5. The zero-order valence-electron chi connectivity index (χ0n) is 28.9. The number of imidazole rings is 1. The van der Waals surface area contributed by atoms with E-state index in [0.29, 0.717) is 0 Å². The molecule has 0 aliphatic carbocycles. The predicted octanol–water partition coefficient (Wildman–Crippen LogP) is 6.80. The molecule has 6 rings (SSSR count). The molecule has 1 fully saturated rings. The van der Waals surface area contributed by atoms with Crippen molar-refractivity contribution in [2.24, 2.45) is 0 Å². The zero-order valence-corrected chi connectivity index (χ0v) is 28.9. The number of fused-ring (bicyclic) bond motifs is 2. The molecule has 0 radical (unpaired) electrons. The monoisotopic (exact) mass is 745 g/mol. The highest BCUT2D eigenvalue weighted by atomic mass is 19.4. The quantitative estimate of drug-likeness (QED) is 0.205. The van der Waals surface area contributed by atoms with E-state index in [4.69, 9.17) is 9.47 Å². The highest BCUT2D eigenvalue weighted by Gasteiger charge is 2.45. The maximum Gasteiger partial charge on any atom is 0.586 e. The maximum absolute atomic E-state index is 14.2. The predicted molar refractivity (Wildman–Crippen MR) is 178 cm³/mol. The van der Waals surface area contributed by atoms with Gasteiger partial charge in [-0.2, -0.15) is 13.2 Å². The van der Waals surface area contributed by atoms with Gasteiger partial charge in [-0.15, -0.1) is 8.78 Å². The molecule has 2 aliphatic rings. The van der Waals surface area contributed by atoms with Crippen molar-refractivity contribution >= 4 is 29.1 Å². The second-order valence-corrected chi connectivity index (χ2v) is 13.5. The largest absolute Gasteiger partial charge is 0.586 e. The van der Waals surface area contributed by atoms with E-state index in [0.717, 1.165) is 10.1 Å². The molecule has 0 bridgehead atoms. The molecule has 1 saturated heterocycles. The Labute approximate surface area is 300 Å². The molecule has 282 valence electrons. The van der Waals surface area contributed by atoms with Gasteiger partial charge < -0.3 is 38.6 Å². The molecule has 3 heterocycles. The summed E-state index contributed by atoms with van der Waals surface area (Å²) in [4.78, 5) is 46.3. The van der Waals surface area contributed by atoms with E-state index < -0.39 is 60.3 Å². The summed E-state index contributed by atoms with van der Waals surface area (Å²) in [6.07, 6.45) is -9.87. The number of carbonyl (C=O) groups excluding carboxylic acids is 3. The Balaban J connectivity index is 1.20. The fourth-order valence-corrected chi connectivity index (χ4v) is 6.03. The lowest BCUT2D eigenvalue weighted by molar-refractivity contribution is -0.287. The Kier molecular flexibility index (Phi) is 10.1. The van der Waals surface area contributed by atoms with Crippen LogP contribution in [-0.4, -0.2) is 81.6 Å². The van der Waals surface area contributed by atoms with Gasteiger partial charge in [-0.3, -0.25) is 4.79 Å². The van der Waals surface area contributed by atoms with E-state index in [2.05, 4.69) is 19.8 Å². The first-order valence-corrected chi connectivity index (χ1v) is 16.7. The molecular formula is C36H36F5N5O7. The fraction of sp³-hybridized carbons (Fsp3) is 0.389. The third-order valence-corrected chi connectivity index (χ3v) is 8.48. The van der Waals surface area contributed by atoms with Crippen molar-refractivity contribution in [2.75, 3.05) is 26.2 Å². The average molecular weight is 746 g/mol. The number of aromatic nitrogens is 2. The minimum absolute atomic E-state index is 0.00235. The van der Waals surface area contributed by atoms with Crippen molar-refractivity contribution in [3.05, 3.63) is 89.2 Å². The van der Waals surface area contributed by atoms with Crippen molar-refractivity contribution in [2.45, 2.75) is 64.5 Å². The summed E-state index contributed by atoms with van der Waals surface area (Å²) in [6.45, 7) is 5.03. The number of carbonyl (C=O) groups is 3. The van der Waals surface area contributed by atoms with Crippen molar-refractivity contribution in [1.82, 2.24) is 24.7 Å². The van der Waals surface area contributed by atoms with Crippen molar-refractivity contribution in [1.29, 1.82) is 0 Å². The van der Waals surface area contributed by atoms with Crippen molar-refractivity contribution < 1.29 is 55.3 Å². The van der Waals surface area contributed by atoms with Gasteiger partial charge in [0, 0.05) is 37.3 Å². The van der Waals surface area contributed by atoms with Gasteiger partial charge in [0.15, 0.2) is 11.5 Å². The summed E-state index contributed by atoms with van der Waals surface area (Å²) in [5, 5.41) is 2.75. The third kappa shape index (κ3) is 8.72. The Hall–Kier alpha value is -5.61. The van der Waals surface area contributed by atoms with Crippen LogP contribution in [0.4, 0.5) is 31.5 Å². The minimum Gasteiger partial charge on any atom is -0.445 e. The van der Waals surface area contributed by atoms with Gasteiger partial charge >= 0.3 is 24.7 Å². The lowest BCUT2D eigenvalue weighted by Gasteiger charge is -2.29. The summed E-state index contributed by atoms with van der Waals surface area (Å²) in [5.74, 6) is -2.69. The molecule has 0 spiro atoms. The number of hydrogen-bond acceptors (Lipinski definition) is 8. The average Bonchev–Trinajstić information content (AvgIpc) is 3.53. The number of nitrogens with zero attached hydrogens (tertiary/aromatic N) is 4. The van der Waals surface area contributed by atoms with Crippen LogP contribution in [-0.2, 0) is 28.8 Å². The summed E-state index contributed by atoms with van der Waals surface area (Å²) < 4.78 is 91.0. The Morgan fingerprint density at radius 2 is 1.70 bits per heavy atom. The van der Waals surface area contributed by atoms with Gasteiger partial charge in [0.2, 0.25) is 5.82 Å². The highest BCUT2D eigenvalue weighted by molar-refractivity contribution is 5.97. The van der Waals surface area contributed by atoms with Crippen LogP contribution in [0.2, 0.25) is 0 Å². The smallest absolute Gasteiger partial charge is 0.445 e. The van der Waals surface area contributed by atoms with Crippen LogP contribution in [0.1, 0.15) is 54.5 Å². The van der Waals surface area contributed by atoms with Gasteiger partial charge in [0.1, 0.15) is 12.2 Å². The summed E-state index contributed by atoms with van der Waals surface area (Å²) in [7, 11) is 0. The van der Waals surface area contributed by atoms with E-state index in [1.54, 1.807) is 45.0 Å². The number of nitrogens with one attached hydrogen (secondary N) is 1. The standard InChI is InChI=1S/C36H36F5N5O7/c1-34(2,3)53-32(48)44-15-14-25(45(17-16-44)33(49)50-21-22-8-5-4-6-9-22)19-42-30(47)23-12-13-27-26(18-23)43-31(35(37,38)39)46(27)20-24-10-7-11-28-29(24)52-36(40,41)51-28/h4-13,18,25H,14-17,19-21H2,1-3H3,(H,42,47). The van der Waals surface area contributed by atoms with Crippen LogP contribution in [0, 0.1) is 0 Å².